The molecule has 37 heavy (non-hydrogen) atoms. The molecule has 0 spiro atoms. The van der Waals surface area contributed by atoms with Crippen LogP contribution in [0.25, 0.3) is 20.4 Å². The van der Waals surface area contributed by atoms with E-state index >= 15 is 0 Å². The van der Waals surface area contributed by atoms with Crippen molar-refractivity contribution in [2.45, 2.75) is 46.7 Å². The molecule has 2 saturated carbocycles. The number of piperidine rings is 2. The fourth-order valence-corrected chi connectivity index (χ4v) is 10.0. The number of benzene rings is 2. The third-order valence-corrected chi connectivity index (χ3v) is 12.9. The molecule has 3 heterocycles. The van der Waals surface area contributed by atoms with Crippen molar-refractivity contribution in [3.05, 3.63) is 36.4 Å². The van der Waals surface area contributed by atoms with E-state index in [2.05, 4.69) is 85.1 Å². The van der Waals surface area contributed by atoms with Crippen LogP contribution in [0.15, 0.2) is 36.4 Å². The number of carbonyl (C=O) groups excluding carboxylic acids is 1. The molecule has 2 aliphatic carbocycles. The lowest BCUT2D eigenvalue weighted by atomic mass is 9.98. The Balaban J connectivity index is 1.28. The van der Waals surface area contributed by atoms with E-state index in [9.17, 15) is 4.79 Å². The van der Waals surface area contributed by atoms with Crippen molar-refractivity contribution in [2.24, 2.45) is 34.5 Å². The van der Waals surface area contributed by atoms with Crippen molar-refractivity contribution < 1.29 is 9.53 Å². The van der Waals surface area contributed by atoms with Crippen molar-refractivity contribution in [3.8, 4) is 0 Å². The Morgan fingerprint density at radius 2 is 1.41 bits per heavy atom. The number of likely N-dealkylation sites (N-methyl/N-ethyl adjacent to an activating group) is 1. The standard InChI is InChI=1S/C31H40N3O2S/c1-17-26-20(30(26,2)3)15-33(17,6)18-9-11-22-24(13-18)37-25-14-19(10-12-23(25)32-22)34(7)16-21-27(31(21,4)5)28(34)29(35)36-8/h9-14,17,20-21,26-28H,15-16H2,1-8H3/q+3. The zero-order valence-corrected chi connectivity index (χ0v) is 24.2. The number of hydrogen-bond acceptors (Lipinski definition) is 3. The number of rotatable bonds is 3. The smallest absolute Gasteiger partial charge is 0.365 e. The van der Waals surface area contributed by atoms with Crippen LogP contribution in [-0.2, 0) is 9.53 Å². The van der Waals surface area contributed by atoms with Crippen molar-refractivity contribution in [1.82, 2.24) is 14.0 Å². The maximum absolute atomic E-state index is 13.0. The molecule has 0 radical (unpaired) electrons. The lowest BCUT2D eigenvalue weighted by molar-refractivity contribution is -0.146. The van der Waals surface area contributed by atoms with E-state index in [1.54, 1.807) is 0 Å². The maximum atomic E-state index is 13.0. The van der Waals surface area contributed by atoms with Crippen molar-refractivity contribution in [1.29, 1.82) is 0 Å². The van der Waals surface area contributed by atoms with Crippen LogP contribution < -0.4 is 8.97 Å². The number of quaternary nitrogens is 2. The molecule has 2 aliphatic heterocycles. The number of methoxy groups -OCH3 is 1. The van der Waals surface area contributed by atoms with E-state index < -0.39 is 0 Å². The fourth-order valence-electron chi connectivity index (χ4n) is 9.01. The molecular weight excluding hydrogens is 478 g/mol. The second-order valence-corrected chi connectivity index (χ2v) is 15.1. The summed E-state index contributed by atoms with van der Waals surface area (Å²) < 4.78 is 9.40. The van der Waals surface area contributed by atoms with Crippen LogP contribution in [0, 0.1) is 34.5 Å². The van der Waals surface area contributed by atoms with Gasteiger partial charge in [0, 0.05) is 35.8 Å². The number of nitrogens with zero attached hydrogens (tertiary/aromatic N) is 3. The zero-order valence-electron chi connectivity index (χ0n) is 23.4. The summed E-state index contributed by atoms with van der Waals surface area (Å²) in [4.78, 5) is 18.0. The average molecular weight is 519 g/mol. The number of carbonyl (C=O) groups is 1. The second-order valence-electron chi connectivity index (χ2n) is 14.0. The fraction of sp³-hybridized carbons (Fsp3) is 0.581. The quantitative estimate of drug-likeness (QED) is 0.182. The Bertz CT molecular complexity index is 1500. The minimum atomic E-state index is -0.149. The number of fused-ring (bicyclic) bond motifs is 4. The Kier molecular flexibility index (Phi) is 4.58. The summed E-state index contributed by atoms with van der Waals surface area (Å²) in [6.45, 7) is 14.1. The van der Waals surface area contributed by atoms with Crippen LogP contribution in [-0.4, -0.2) is 57.3 Å². The first-order valence-electron chi connectivity index (χ1n) is 13.8. The first-order chi connectivity index (χ1) is 17.3. The third kappa shape index (κ3) is 2.95. The van der Waals surface area contributed by atoms with Crippen molar-refractivity contribution in [2.75, 3.05) is 34.3 Å². The molecule has 8 unspecified atom stereocenters. The number of likely N-dealkylation sites (tertiary alicyclic amines) is 2. The van der Waals surface area contributed by atoms with Gasteiger partial charge in [0.2, 0.25) is 11.3 Å². The first kappa shape index (κ1) is 23.9. The van der Waals surface area contributed by atoms with Crippen LogP contribution in [0.4, 0.5) is 11.4 Å². The Hall–Kier alpha value is -2.15. The van der Waals surface area contributed by atoms with Gasteiger partial charge in [-0.05, 0) is 29.9 Å². The summed E-state index contributed by atoms with van der Waals surface area (Å²) in [6, 6.07) is 14.0. The van der Waals surface area contributed by atoms with Gasteiger partial charge in [-0.25, -0.2) is 9.78 Å². The molecule has 194 valence electrons. The first-order valence-corrected chi connectivity index (χ1v) is 14.6. The summed E-state index contributed by atoms with van der Waals surface area (Å²) in [5.74, 6) is 2.50. The Labute approximate surface area is 224 Å². The number of esters is 1. The maximum Gasteiger partial charge on any atom is 0.365 e. The second kappa shape index (κ2) is 7.08. The molecule has 0 bridgehead atoms. The number of hydrogen-bond donors (Lipinski definition) is 0. The lowest BCUT2D eigenvalue weighted by Gasteiger charge is -2.38. The molecule has 1 aromatic heterocycles. The van der Waals surface area contributed by atoms with Gasteiger partial charge < -0.3 is 4.74 Å². The van der Waals surface area contributed by atoms with E-state index in [1.807, 2.05) is 11.3 Å². The monoisotopic (exact) mass is 518 g/mol. The predicted octanol–water partition coefficient (Wildman–Crippen LogP) is 6.11. The molecule has 4 fully saturated rings. The van der Waals surface area contributed by atoms with Crippen LogP contribution in [0.3, 0.4) is 0 Å². The van der Waals surface area contributed by atoms with Gasteiger partial charge in [-0.15, -0.1) is 0 Å². The molecule has 5 nitrogen and oxygen atoms in total. The highest BCUT2D eigenvalue weighted by molar-refractivity contribution is 7.24. The number of ether oxygens (including phenoxy) is 1. The summed E-state index contributed by atoms with van der Waals surface area (Å²) in [5.41, 5.74) is 5.40. The van der Waals surface area contributed by atoms with Crippen molar-refractivity contribution >= 4 is 49.1 Å². The minimum absolute atomic E-state index is 0.0801. The highest BCUT2D eigenvalue weighted by Gasteiger charge is 2.75. The SMILES string of the molecule is COC(=O)C1C2C(C[N+]1(C)c1ccc3nc4ccc([N+]5(C)CC6C(C5C)C6(C)C)cc4[s+]c3c1)C2(C)C. The average Bonchev–Trinajstić information content (AvgIpc) is 3.39. The molecule has 0 N–H and O–H groups in total. The molecular formula is C31H40N3O2S+3. The molecule has 2 saturated heterocycles. The van der Waals surface area contributed by atoms with Crippen LogP contribution in [0.2, 0.25) is 0 Å². The van der Waals surface area contributed by atoms with Gasteiger partial charge in [-0.2, -0.15) is 0 Å². The van der Waals surface area contributed by atoms with Crippen LogP contribution >= 0.6 is 11.3 Å². The summed E-state index contributed by atoms with van der Waals surface area (Å²) >= 11 is 1.84. The summed E-state index contributed by atoms with van der Waals surface area (Å²) in [5, 5.41) is 0. The third-order valence-electron chi connectivity index (χ3n) is 11.8. The molecule has 4 aliphatic rings. The van der Waals surface area contributed by atoms with E-state index in [4.69, 9.17) is 9.72 Å². The van der Waals surface area contributed by atoms with Gasteiger partial charge in [-0.1, -0.05) is 27.7 Å². The Morgan fingerprint density at radius 3 is 1.95 bits per heavy atom. The minimum Gasteiger partial charge on any atom is -0.465 e. The van der Waals surface area contributed by atoms with E-state index in [1.165, 1.54) is 34.4 Å². The van der Waals surface area contributed by atoms with E-state index in [0.717, 1.165) is 33.9 Å². The predicted molar refractivity (Wildman–Crippen MR) is 153 cm³/mol. The molecule has 3 aromatic rings. The van der Waals surface area contributed by atoms with Gasteiger partial charge in [0.15, 0.2) is 6.04 Å². The van der Waals surface area contributed by atoms with Gasteiger partial charge in [-0.3, -0.25) is 8.97 Å². The topological polar surface area (TPSA) is 39.2 Å². The molecule has 6 heteroatoms. The van der Waals surface area contributed by atoms with Crippen LogP contribution in [0.1, 0.15) is 34.6 Å². The van der Waals surface area contributed by atoms with Gasteiger partial charge in [0.05, 0.1) is 52.5 Å². The van der Waals surface area contributed by atoms with Crippen LogP contribution in [0.5, 0.6) is 0 Å². The molecule has 0 amide bonds. The highest BCUT2D eigenvalue weighted by Crippen LogP contribution is 2.68. The molecule has 8 atom stereocenters. The number of aromatic nitrogens is 1. The highest BCUT2D eigenvalue weighted by atomic mass is 32.1. The largest absolute Gasteiger partial charge is 0.465 e. The summed E-state index contributed by atoms with van der Waals surface area (Å²) in [7, 11) is 6.17. The zero-order chi connectivity index (χ0) is 26.3. The normalized spacial score (nSPS) is 40.4. The Morgan fingerprint density at radius 1 is 0.892 bits per heavy atom. The van der Waals surface area contributed by atoms with Gasteiger partial charge in [0.1, 0.15) is 22.4 Å². The van der Waals surface area contributed by atoms with E-state index in [-0.39, 0.29) is 17.4 Å². The van der Waals surface area contributed by atoms with Gasteiger partial charge in [0.25, 0.3) is 9.40 Å². The van der Waals surface area contributed by atoms with E-state index in [0.29, 0.717) is 27.8 Å². The lowest BCUT2D eigenvalue weighted by Crippen LogP contribution is -2.57. The molecule has 7 rings (SSSR count). The molecule has 2 aromatic carbocycles. The van der Waals surface area contributed by atoms with Gasteiger partial charge >= 0.3 is 5.97 Å². The van der Waals surface area contributed by atoms with Crippen molar-refractivity contribution in [3.63, 3.8) is 0 Å². The summed E-state index contributed by atoms with van der Waals surface area (Å²) in [6.07, 6.45) is 0.